The molecule has 0 bridgehead atoms. The number of benzene rings is 3. The van der Waals surface area contributed by atoms with E-state index in [1.807, 2.05) is 18.2 Å². The largest absolute Gasteiger partial charge is 1.00 e. The van der Waals surface area contributed by atoms with E-state index in [0.717, 1.165) is 28.5 Å². The molecule has 0 spiro atoms. The Morgan fingerprint density at radius 2 is 1.39 bits per heavy atom. The molecule has 62 heavy (non-hydrogen) atoms. The minimum Gasteiger partial charge on any atom is -0.870 e. The Labute approximate surface area is 484 Å². The third-order valence-electron chi connectivity index (χ3n) is 7.93. The molecule has 1 aliphatic heterocycles. The molecule has 3 N–H and O–H groups in total. The quantitative estimate of drug-likeness (QED) is 0.0662. The summed E-state index contributed by atoms with van der Waals surface area (Å²) in [7, 11) is -9.81. The molecule has 1 aliphatic carbocycles. The van der Waals surface area contributed by atoms with Crippen molar-refractivity contribution in [1.29, 1.82) is 0 Å². The summed E-state index contributed by atoms with van der Waals surface area (Å²) in [6.45, 7) is 10.2. The van der Waals surface area contributed by atoms with E-state index in [2.05, 4.69) is 32.9 Å². The average molecular weight is 986 g/mol. The fourth-order valence-corrected chi connectivity index (χ4v) is 6.43. The molecular formula is C36H38K3NO20S2. The number of ether oxygens (including phenoxy) is 3. The van der Waals surface area contributed by atoms with E-state index in [9.17, 15) is 45.1 Å². The van der Waals surface area contributed by atoms with Crippen LogP contribution in [0.1, 0.15) is 80.2 Å². The van der Waals surface area contributed by atoms with Gasteiger partial charge in [-0.15, -0.1) is 0 Å². The van der Waals surface area contributed by atoms with Gasteiger partial charge >= 0.3 is 178 Å². The monoisotopic (exact) mass is 985 g/mol. The van der Waals surface area contributed by atoms with Gasteiger partial charge in [0.15, 0.2) is 32.2 Å². The van der Waals surface area contributed by atoms with Crippen molar-refractivity contribution in [2.45, 2.75) is 59.3 Å². The first kappa shape index (κ1) is 67.5. The number of methoxy groups -OCH3 is 1. The van der Waals surface area contributed by atoms with Gasteiger partial charge in [0, 0.05) is 42.2 Å². The van der Waals surface area contributed by atoms with Crippen molar-refractivity contribution in [2.24, 2.45) is 5.41 Å². The van der Waals surface area contributed by atoms with E-state index >= 15 is 0 Å². The van der Waals surface area contributed by atoms with E-state index < -0.39 is 35.9 Å². The van der Waals surface area contributed by atoms with Crippen molar-refractivity contribution in [3.05, 3.63) is 76.9 Å². The van der Waals surface area contributed by atoms with Crippen molar-refractivity contribution in [2.75, 3.05) is 13.7 Å². The van der Waals surface area contributed by atoms with Crippen molar-refractivity contribution in [3.8, 4) is 17.2 Å². The van der Waals surface area contributed by atoms with Crippen LogP contribution in [0.3, 0.4) is 0 Å². The van der Waals surface area contributed by atoms with Gasteiger partial charge in [-0.2, -0.15) is 19.2 Å². The maximum absolute atomic E-state index is 12.6. The topological polar surface area (TPSA) is 352 Å². The second kappa shape index (κ2) is 30.2. The van der Waals surface area contributed by atoms with Gasteiger partial charge in [-0.3, -0.25) is 24.4 Å². The second-order valence-electron chi connectivity index (χ2n) is 13.0. The molecule has 5 rings (SSSR count). The summed E-state index contributed by atoms with van der Waals surface area (Å²) in [5, 5.41) is 18.7. The second-order valence-corrected chi connectivity index (χ2v) is 15.7. The fourth-order valence-electron chi connectivity index (χ4n) is 5.53. The van der Waals surface area contributed by atoms with Gasteiger partial charge in [-0.05, 0) is 24.6 Å². The molecule has 3 aromatic rings. The summed E-state index contributed by atoms with van der Waals surface area (Å²) in [6.07, 6.45) is 2.88. The summed E-state index contributed by atoms with van der Waals surface area (Å²) in [4.78, 5) is 80.2. The number of aliphatic carboxylic acids is 1. The first-order valence-electron chi connectivity index (χ1n) is 16.3. The smallest absolute Gasteiger partial charge is 0.870 e. The summed E-state index contributed by atoms with van der Waals surface area (Å²) < 4.78 is 71.8. The standard InChI is InChI=1S/C18H20O3.C16H16O5.2CO2.3K.H3NO7S2.H2O/c1-4-10-20-15-7-5-6-13-12(15)8-9-14-17(13)21-16(19)11-18(14,2)3;1-16(2,8-13(18)19)10-7-11(17)14-9(15(10)20)5-4-6-12(14)21-3;2*2-1-3;;;;2-1(9(3,4)5)10(6,7)8;/h5-9H,4,10-11H2,1-3H3;4-7H,8H2,1-3H3,(H,18,19);;;;;;2H,(H,3,4,5)(H,6,7,8);1H2/q;;;;3*+1;;/p-3. The maximum atomic E-state index is 12.6. The van der Waals surface area contributed by atoms with E-state index in [-0.39, 0.29) is 218 Å². The number of carboxylic acid groups (broad SMARTS) is 1. The summed E-state index contributed by atoms with van der Waals surface area (Å²) in [5.74, 6) is 0.0344. The van der Waals surface area contributed by atoms with E-state index in [4.69, 9.17) is 43.7 Å². The minimum absolute atomic E-state index is 0. The molecule has 0 radical (unpaired) electrons. The van der Waals surface area contributed by atoms with Crippen LogP contribution in [0, 0.1) is 5.41 Å². The summed E-state index contributed by atoms with van der Waals surface area (Å²) >= 11 is 0. The van der Waals surface area contributed by atoms with Crippen molar-refractivity contribution in [1.82, 2.24) is 3.87 Å². The number of carboxylic acids is 1. The molecular weight excluding hydrogens is 948 g/mol. The number of ketones is 2. The first-order chi connectivity index (χ1) is 26.8. The molecule has 0 unspecified atom stereocenters. The molecule has 0 amide bonds. The Morgan fingerprint density at radius 3 is 1.84 bits per heavy atom. The Balaban J connectivity index is -0.000000388. The normalized spacial score (nSPS) is 13.0. The molecule has 3 aromatic carbocycles. The van der Waals surface area contributed by atoms with Crippen molar-refractivity contribution < 1.29 is 248 Å². The predicted molar refractivity (Wildman–Crippen MR) is 194 cm³/mol. The van der Waals surface area contributed by atoms with Gasteiger partial charge in [0.2, 0.25) is 0 Å². The number of carbonyl (C=O) groups is 4. The van der Waals surface area contributed by atoms with Gasteiger partial charge < -0.3 is 33.9 Å². The Kier molecular flexibility index (Phi) is 32.9. The van der Waals surface area contributed by atoms with Crippen LogP contribution in [0.25, 0.3) is 10.8 Å². The molecule has 26 heteroatoms. The molecule has 0 saturated heterocycles. The van der Waals surface area contributed by atoms with Crippen molar-refractivity contribution >= 4 is 67.2 Å². The zero-order valence-electron chi connectivity index (χ0n) is 35.1. The summed E-state index contributed by atoms with van der Waals surface area (Å²) in [6, 6.07) is 14.8. The third kappa shape index (κ3) is 19.8. The predicted octanol–water partition coefficient (Wildman–Crippen LogP) is -6.02. The Hall–Kier alpha value is -1.09. The number of hydrogen-bond acceptors (Lipinski definition) is 19. The first-order valence-corrected chi connectivity index (χ1v) is 19.0. The van der Waals surface area contributed by atoms with Crippen LogP contribution in [0.4, 0.5) is 0 Å². The van der Waals surface area contributed by atoms with Gasteiger partial charge in [0.25, 0.3) is 0 Å². The average Bonchev–Trinajstić information content (AvgIpc) is 3.11. The van der Waals surface area contributed by atoms with Gasteiger partial charge in [-0.1, -0.05) is 71.0 Å². The molecule has 0 atom stereocenters. The number of hydrogen-bond donors (Lipinski definition) is 2. The van der Waals surface area contributed by atoms with E-state index in [0.29, 0.717) is 24.5 Å². The minimum atomic E-state index is -5.62. The maximum Gasteiger partial charge on any atom is 1.00 e. The number of carbonyl (C=O) groups excluding carboxylic acids is 7. The third-order valence-corrected chi connectivity index (χ3v) is 9.79. The number of nitrogens with zero attached hydrogens (tertiary/aromatic N) is 1. The van der Waals surface area contributed by atoms with Crippen LogP contribution in [0.2, 0.25) is 0 Å². The molecule has 21 nitrogen and oxygen atoms in total. The molecule has 0 saturated carbocycles. The van der Waals surface area contributed by atoms with Crippen molar-refractivity contribution in [3.63, 3.8) is 0 Å². The molecule has 322 valence electrons. The molecule has 0 aromatic heterocycles. The van der Waals surface area contributed by atoms with Crippen LogP contribution in [0.5, 0.6) is 17.2 Å². The number of fused-ring (bicyclic) bond motifs is 4. The van der Waals surface area contributed by atoms with E-state index in [1.165, 1.54) is 13.2 Å². The van der Waals surface area contributed by atoms with Gasteiger partial charge in [0.05, 0.1) is 32.1 Å². The van der Waals surface area contributed by atoms with Crippen LogP contribution in [0.15, 0.2) is 60.2 Å². The molecule has 2 aliphatic rings. The Morgan fingerprint density at radius 1 is 0.887 bits per heavy atom. The van der Waals surface area contributed by atoms with Gasteiger partial charge in [0.1, 0.15) is 17.2 Å². The molecule has 0 fully saturated rings. The number of rotatable bonds is 9. The fraction of sp³-hybridized carbons (Fsp3) is 0.333. The van der Waals surface area contributed by atoms with Crippen LogP contribution < -0.4 is 168 Å². The van der Waals surface area contributed by atoms with E-state index in [1.54, 1.807) is 32.0 Å². The zero-order chi connectivity index (χ0) is 44.8. The van der Waals surface area contributed by atoms with Crippen LogP contribution in [-0.4, -0.2) is 95.1 Å². The SMILES string of the molecule is CCCOc1cccc2c3c(ccc12)C(C)(C)CC(=O)O3.COc1cccc2c1C(=O)C=C(C(C)(C)CC(=O)O)C2=O.O=C=O.O=C=O.O=S(=O)([O-])N(O)S(=O)(=O)[O-].[K+].[K+].[K+].[OH-]. The zero-order valence-corrected chi connectivity index (χ0v) is 46.1. The molecule has 1 heterocycles. The number of esters is 1. The number of Topliss-reactive ketones (excluding diaryl/α,β-unsaturated/α-hetero) is 1. The van der Waals surface area contributed by atoms with Crippen LogP contribution >= 0.6 is 0 Å². The van der Waals surface area contributed by atoms with Gasteiger partial charge in [-0.25, -0.2) is 16.8 Å². The Bertz CT molecular complexity index is 2330. The summed E-state index contributed by atoms with van der Waals surface area (Å²) in [5.41, 5.74) is 0.687. The number of allylic oxidation sites excluding steroid dienone is 2. The van der Waals surface area contributed by atoms with Crippen LogP contribution in [-0.2, 0) is 54.8 Å².